The van der Waals surface area contributed by atoms with Gasteiger partial charge in [-0.2, -0.15) is 0 Å². The molecular weight excluding hydrogens is 1000 g/mol. The number of fused-ring (bicyclic) bond motifs is 1. The predicted octanol–water partition coefficient (Wildman–Crippen LogP) is 13.1. The average Bonchev–Trinajstić information content (AvgIpc) is 3.74. The Labute approximate surface area is 487 Å². The van der Waals surface area contributed by atoms with Crippen molar-refractivity contribution in [1.82, 2.24) is 30.5 Å². The number of nitrogens with two attached hydrogens (primary N) is 2. The van der Waals surface area contributed by atoms with Crippen LogP contribution in [0.2, 0.25) is 0 Å². The highest BCUT2D eigenvalue weighted by Crippen LogP contribution is 2.41. The summed E-state index contributed by atoms with van der Waals surface area (Å²) in [7, 11) is 11.4. The number of hydrogen-bond acceptors (Lipinski definition) is 11. The minimum Gasteiger partial charge on any atom is -0.467 e. The number of nitrogens with zero attached hydrogens (tertiary/aromatic N) is 3. The average molecular weight is 1120 g/mol. The van der Waals surface area contributed by atoms with E-state index >= 15 is 0 Å². The Morgan fingerprint density at radius 2 is 1.48 bits per heavy atom. The summed E-state index contributed by atoms with van der Waals surface area (Å²) in [6, 6.07) is 22.8. The predicted molar refractivity (Wildman–Crippen MR) is 348 cm³/mol. The van der Waals surface area contributed by atoms with Crippen molar-refractivity contribution < 1.29 is 23.9 Å². The van der Waals surface area contributed by atoms with Crippen molar-refractivity contribution in [3.05, 3.63) is 120 Å². The van der Waals surface area contributed by atoms with E-state index in [9.17, 15) is 9.59 Å². The van der Waals surface area contributed by atoms with Gasteiger partial charge in [-0.1, -0.05) is 181 Å². The van der Waals surface area contributed by atoms with E-state index in [2.05, 4.69) is 160 Å². The van der Waals surface area contributed by atoms with Crippen LogP contribution in [-0.4, -0.2) is 107 Å². The number of hydrazine groups is 1. The third-order valence-corrected chi connectivity index (χ3v) is 11.7. The lowest BCUT2D eigenvalue weighted by molar-refractivity contribution is -0.131. The first-order valence-corrected chi connectivity index (χ1v) is 28.5. The Bertz CT molecular complexity index is 2240. The van der Waals surface area contributed by atoms with Crippen LogP contribution >= 0.6 is 12.2 Å². The molecule has 0 saturated heterocycles. The van der Waals surface area contributed by atoms with Gasteiger partial charge in [0.2, 0.25) is 5.91 Å². The summed E-state index contributed by atoms with van der Waals surface area (Å²) in [5.41, 5.74) is 27.3. The van der Waals surface area contributed by atoms with Crippen molar-refractivity contribution in [2.75, 3.05) is 55.4 Å². The molecule has 3 aromatic carbocycles. The Balaban J connectivity index is -0.000000454. The van der Waals surface area contributed by atoms with E-state index in [0.717, 1.165) is 38.9 Å². The maximum atomic E-state index is 11.2. The lowest BCUT2D eigenvalue weighted by Gasteiger charge is -2.25. The molecule has 0 bridgehead atoms. The number of likely N-dealkylation sites (N-methyl/N-ethyl adjacent to an activating group) is 1. The molecule has 13 nitrogen and oxygen atoms in total. The molecule has 79 heavy (non-hydrogen) atoms. The number of primary amides is 1. The molecule has 0 radical (unpaired) electrons. The van der Waals surface area contributed by atoms with Crippen molar-refractivity contribution in [2.45, 2.75) is 155 Å². The first-order valence-electron chi connectivity index (χ1n) is 28.1. The molecule has 0 saturated carbocycles. The van der Waals surface area contributed by atoms with Crippen LogP contribution in [0.25, 0.3) is 33.3 Å². The smallest absolute Gasteiger partial charge is 0.293 e. The molecule has 4 rings (SSSR count). The second-order valence-electron chi connectivity index (χ2n) is 19.1. The maximum Gasteiger partial charge on any atom is 0.293 e. The molecule has 2 atom stereocenters. The number of amides is 1. The summed E-state index contributed by atoms with van der Waals surface area (Å²) >= 11 is 4.83. The molecule has 7 N–H and O–H groups in total. The standard InChI is InChI=1S/C40H56N4O2.C9H13NS.C7H16N2O.3C2H6.CH5N.2CH2O/c1-9-44-38-18-17-32(34-22-30(3)21-31(23-34)20-29(2)14-12-13-19-42-41-6)24-36(38)37(25-40(4,5)27-46-28-45)39(44)35-16-11-10-15-33(35)26-43(7)8;1-3-5-6-7-8-10-9(11)4-2;1-5(2)6(7(8)10)9(3)4;6*1-2/h10-11,15-18,21-24,28-29,41-42H,9,12-14,19-20,25-27H2,1-8H3;4-8H,2-3H2,1H3,(H,10,11);5-6H,1-4H3,(H2,8,10);3*1-2H3;2H2,1H3;2*1H2/b;6-5+,8-7+;;;;;;;. The Morgan fingerprint density at radius 1 is 0.873 bits per heavy atom. The Kier molecular flexibility index (Phi) is 53.9. The molecule has 0 spiro atoms. The van der Waals surface area contributed by atoms with Gasteiger partial charge in [0, 0.05) is 47.7 Å². The molecule has 0 aliphatic rings. The van der Waals surface area contributed by atoms with E-state index in [1.807, 2.05) is 107 Å². The number of unbranched alkanes of at least 4 members (excludes halogenated alkanes) is 1. The molecule has 448 valence electrons. The minimum atomic E-state index is -0.250. The summed E-state index contributed by atoms with van der Waals surface area (Å²) in [6.45, 7) is 40.5. The van der Waals surface area contributed by atoms with Crippen molar-refractivity contribution in [3.8, 4) is 22.4 Å². The van der Waals surface area contributed by atoms with Gasteiger partial charge in [-0.05, 0) is 146 Å². The number of hydrogen-bond donors (Lipinski definition) is 5. The van der Waals surface area contributed by atoms with E-state index in [1.165, 1.54) is 81.9 Å². The monoisotopic (exact) mass is 1120 g/mol. The normalized spacial score (nSPS) is 11.0. The Morgan fingerprint density at radius 3 is 1.97 bits per heavy atom. The summed E-state index contributed by atoms with van der Waals surface area (Å²) in [5, 5.41) is 4.15. The molecule has 0 aliphatic carbocycles. The molecule has 0 aliphatic heterocycles. The SMILES string of the molecule is C=CC(=S)N/C=C/C=C/CC.C=O.C=O.CC.CC.CC.CC(C)C(C(N)=O)N(C)C.CCn1c(-c2ccccc2CN(C)C)c(CC(C)(C)COC=O)c2cc(-c3cc(C)cc(CC(C)CCCCNNC)c3)ccc21.CN. The number of carbonyl (C=O) groups is 4. The van der Waals surface area contributed by atoms with Gasteiger partial charge in [0.25, 0.3) is 6.47 Å². The molecule has 0 fully saturated rings. The zero-order chi connectivity index (χ0) is 62.1. The van der Waals surface area contributed by atoms with Crippen LogP contribution in [0.15, 0.2) is 97.7 Å². The molecule has 4 aromatic rings. The van der Waals surface area contributed by atoms with Crippen LogP contribution in [0, 0.1) is 24.2 Å². The van der Waals surface area contributed by atoms with Gasteiger partial charge >= 0.3 is 0 Å². The van der Waals surface area contributed by atoms with Gasteiger partial charge in [-0.3, -0.25) is 25.3 Å². The van der Waals surface area contributed by atoms with E-state index in [-0.39, 0.29) is 23.3 Å². The lowest BCUT2D eigenvalue weighted by Crippen LogP contribution is -2.43. The number of benzene rings is 3. The van der Waals surface area contributed by atoms with Crippen molar-refractivity contribution >= 4 is 54.1 Å². The van der Waals surface area contributed by atoms with E-state index in [1.54, 1.807) is 12.3 Å². The van der Waals surface area contributed by atoms with Gasteiger partial charge in [-0.25, -0.2) is 0 Å². The van der Waals surface area contributed by atoms with Crippen LogP contribution in [0.4, 0.5) is 0 Å². The second kappa shape index (κ2) is 51.8. The van der Waals surface area contributed by atoms with Crippen molar-refractivity contribution in [1.29, 1.82) is 0 Å². The van der Waals surface area contributed by atoms with Gasteiger partial charge < -0.3 is 40.6 Å². The summed E-state index contributed by atoms with van der Waals surface area (Å²) in [6.07, 6.45) is 15.9. The molecular formula is C65H112N8O5S. The van der Waals surface area contributed by atoms with Crippen LogP contribution in [-0.2, 0) is 49.8 Å². The number of rotatable bonds is 25. The third-order valence-electron chi connectivity index (χ3n) is 11.4. The van der Waals surface area contributed by atoms with E-state index in [4.69, 9.17) is 32.3 Å². The highest BCUT2D eigenvalue weighted by molar-refractivity contribution is 7.80. The van der Waals surface area contributed by atoms with Crippen molar-refractivity contribution in [3.63, 3.8) is 0 Å². The van der Waals surface area contributed by atoms with Gasteiger partial charge in [0.05, 0.1) is 18.3 Å². The summed E-state index contributed by atoms with van der Waals surface area (Å²) in [4.78, 5) is 42.7. The van der Waals surface area contributed by atoms with Crippen LogP contribution in [0.3, 0.4) is 0 Å². The quantitative estimate of drug-likeness (QED) is 0.0106. The zero-order valence-corrected chi connectivity index (χ0v) is 53.9. The maximum absolute atomic E-state index is 11.2. The first kappa shape index (κ1) is 82.2. The zero-order valence-electron chi connectivity index (χ0n) is 53.1. The van der Waals surface area contributed by atoms with Crippen molar-refractivity contribution in [2.24, 2.45) is 28.7 Å². The summed E-state index contributed by atoms with van der Waals surface area (Å²) < 4.78 is 7.81. The fourth-order valence-corrected chi connectivity index (χ4v) is 8.63. The van der Waals surface area contributed by atoms with Gasteiger partial charge in [-0.15, -0.1) is 0 Å². The van der Waals surface area contributed by atoms with Crippen LogP contribution < -0.4 is 27.6 Å². The topological polar surface area (TPSA) is 177 Å². The van der Waals surface area contributed by atoms with Crippen LogP contribution in [0.1, 0.15) is 138 Å². The number of carbonyl (C=O) groups excluding carboxylic acids is 4. The first-order chi connectivity index (χ1) is 37.8. The number of aromatic nitrogens is 1. The van der Waals surface area contributed by atoms with E-state index in [0.29, 0.717) is 24.0 Å². The molecule has 1 heterocycles. The lowest BCUT2D eigenvalue weighted by atomic mass is 9.84. The van der Waals surface area contributed by atoms with Gasteiger partial charge in [0.1, 0.15) is 18.6 Å². The molecule has 2 unspecified atom stereocenters. The number of thiocarbonyl (C=S) groups is 1. The number of ether oxygens (including phenoxy) is 1. The number of allylic oxidation sites excluding steroid dienone is 3. The van der Waals surface area contributed by atoms with Gasteiger partial charge in [0.15, 0.2) is 0 Å². The molecule has 1 aromatic heterocycles. The summed E-state index contributed by atoms with van der Waals surface area (Å²) in [5.74, 6) is 0.671. The molecule has 1 amide bonds. The van der Waals surface area contributed by atoms with E-state index < -0.39 is 0 Å². The van der Waals surface area contributed by atoms with Crippen LogP contribution in [0.5, 0.6) is 0 Å². The third kappa shape index (κ3) is 34.2. The number of aryl methyl sites for hydroxylation is 2. The Hall–Kier alpha value is -5.61. The highest BCUT2D eigenvalue weighted by atomic mass is 32.1. The fraction of sp³-hybridized carbons (Fsp3) is 0.523. The molecule has 14 heteroatoms. The minimum absolute atomic E-state index is 0.139. The fourth-order valence-electron chi connectivity index (χ4n) is 8.56. The highest BCUT2D eigenvalue weighted by Gasteiger charge is 2.28. The second-order valence-corrected chi connectivity index (χ2v) is 19.5. The largest absolute Gasteiger partial charge is 0.467 e. The number of nitrogens with one attached hydrogen (secondary N) is 3.